The molecule has 0 saturated carbocycles. The summed E-state index contributed by atoms with van der Waals surface area (Å²) in [6, 6.07) is 8.07. The van der Waals surface area contributed by atoms with Crippen LogP contribution in [0.25, 0.3) is 0 Å². The summed E-state index contributed by atoms with van der Waals surface area (Å²) in [4.78, 5) is 4.35. The Morgan fingerprint density at radius 1 is 1.30 bits per heavy atom. The molecule has 0 aliphatic heterocycles. The van der Waals surface area contributed by atoms with E-state index in [1.54, 1.807) is 0 Å². The Hall–Kier alpha value is -1.55. The van der Waals surface area contributed by atoms with Crippen molar-refractivity contribution in [2.45, 2.75) is 40.2 Å². The van der Waals surface area contributed by atoms with Crippen LogP contribution < -0.4 is 11.1 Å². The summed E-state index contributed by atoms with van der Waals surface area (Å²) in [5.41, 5.74) is 8.06. The molecule has 1 unspecified atom stereocenters. The van der Waals surface area contributed by atoms with Crippen molar-refractivity contribution in [1.29, 1.82) is 0 Å². The number of hydrogen-bond acceptors (Lipinski definition) is 2. The van der Waals surface area contributed by atoms with Crippen LogP contribution in [0, 0.1) is 12.8 Å². The zero-order valence-electron chi connectivity index (χ0n) is 13.0. The summed E-state index contributed by atoms with van der Waals surface area (Å²) in [6.45, 7) is 9.82. The number of nitrogens with two attached hydrogens (primary N) is 1. The van der Waals surface area contributed by atoms with Gasteiger partial charge in [0, 0.05) is 18.8 Å². The molecule has 0 aromatic heterocycles. The van der Waals surface area contributed by atoms with Crippen LogP contribution in [-0.2, 0) is 4.74 Å². The first-order valence-corrected chi connectivity index (χ1v) is 7.28. The van der Waals surface area contributed by atoms with Crippen LogP contribution in [0.15, 0.2) is 29.3 Å². The van der Waals surface area contributed by atoms with Crippen LogP contribution in [0.2, 0.25) is 0 Å². The minimum absolute atomic E-state index is 0.246. The molecule has 0 fully saturated rings. The lowest BCUT2D eigenvalue weighted by Crippen LogP contribution is -2.25. The van der Waals surface area contributed by atoms with E-state index >= 15 is 0 Å². The molecule has 0 amide bonds. The molecule has 0 aliphatic carbocycles. The minimum Gasteiger partial charge on any atom is -0.378 e. The number of hydrogen-bond donors (Lipinski definition) is 2. The van der Waals surface area contributed by atoms with Crippen molar-refractivity contribution in [3.63, 3.8) is 0 Å². The Labute approximate surface area is 122 Å². The maximum atomic E-state index is 5.88. The van der Waals surface area contributed by atoms with Gasteiger partial charge in [0.25, 0.3) is 0 Å². The molecule has 1 aromatic carbocycles. The van der Waals surface area contributed by atoms with Gasteiger partial charge in [0.2, 0.25) is 0 Å². The first-order chi connectivity index (χ1) is 9.52. The summed E-state index contributed by atoms with van der Waals surface area (Å²) in [7, 11) is 0. The fourth-order valence-electron chi connectivity index (χ4n) is 1.96. The second-order valence-corrected chi connectivity index (χ2v) is 5.28. The molecule has 0 heterocycles. The molecule has 4 nitrogen and oxygen atoms in total. The minimum atomic E-state index is 0.246. The first kappa shape index (κ1) is 16.5. The third-order valence-corrected chi connectivity index (χ3v) is 3.14. The van der Waals surface area contributed by atoms with Gasteiger partial charge in [-0.2, -0.15) is 0 Å². The number of guanidine groups is 1. The highest BCUT2D eigenvalue weighted by Gasteiger charge is 2.12. The predicted octanol–water partition coefficient (Wildman–Crippen LogP) is 3.17. The van der Waals surface area contributed by atoms with Gasteiger partial charge in [0.1, 0.15) is 0 Å². The van der Waals surface area contributed by atoms with Crippen LogP contribution in [-0.4, -0.2) is 25.2 Å². The number of nitrogens with one attached hydrogen (secondary N) is 1. The average Bonchev–Trinajstić information content (AvgIpc) is 2.40. The lowest BCUT2D eigenvalue weighted by molar-refractivity contribution is 0.0266. The van der Waals surface area contributed by atoms with Crippen molar-refractivity contribution < 1.29 is 4.74 Å². The highest BCUT2D eigenvalue weighted by molar-refractivity contribution is 5.92. The molecule has 1 atom stereocenters. The average molecular weight is 277 g/mol. The van der Waals surface area contributed by atoms with Gasteiger partial charge in [0.05, 0.1) is 6.10 Å². The molecule has 0 spiro atoms. The van der Waals surface area contributed by atoms with Gasteiger partial charge in [-0.05, 0) is 38.3 Å². The monoisotopic (exact) mass is 277 g/mol. The number of nitrogens with zero attached hydrogens (tertiary/aromatic N) is 1. The Kier molecular flexibility index (Phi) is 7.09. The lowest BCUT2D eigenvalue weighted by Gasteiger charge is -2.19. The number of rotatable bonds is 7. The van der Waals surface area contributed by atoms with E-state index in [-0.39, 0.29) is 6.10 Å². The van der Waals surface area contributed by atoms with Crippen molar-refractivity contribution in [1.82, 2.24) is 0 Å². The van der Waals surface area contributed by atoms with E-state index in [4.69, 9.17) is 10.5 Å². The van der Waals surface area contributed by atoms with Crippen molar-refractivity contribution in [3.8, 4) is 0 Å². The second kappa shape index (κ2) is 8.59. The van der Waals surface area contributed by atoms with Crippen molar-refractivity contribution >= 4 is 11.6 Å². The van der Waals surface area contributed by atoms with Gasteiger partial charge in [-0.1, -0.05) is 31.5 Å². The Morgan fingerprint density at radius 2 is 1.95 bits per heavy atom. The third kappa shape index (κ3) is 6.06. The highest BCUT2D eigenvalue weighted by Crippen LogP contribution is 2.11. The fraction of sp³-hybridized carbons (Fsp3) is 0.562. The van der Waals surface area contributed by atoms with E-state index in [2.05, 4.69) is 31.1 Å². The number of aryl methyl sites for hydroxylation is 1. The lowest BCUT2D eigenvalue weighted by atomic mass is 10.0. The Bertz CT molecular complexity index is 412. The van der Waals surface area contributed by atoms with Crippen molar-refractivity contribution in [3.05, 3.63) is 29.8 Å². The Balaban J connectivity index is 2.42. The number of benzene rings is 1. The van der Waals surface area contributed by atoms with Crippen LogP contribution in [0.5, 0.6) is 0 Å². The topological polar surface area (TPSA) is 59.6 Å². The van der Waals surface area contributed by atoms with E-state index < -0.39 is 0 Å². The van der Waals surface area contributed by atoms with Crippen molar-refractivity contribution in [2.24, 2.45) is 16.6 Å². The molecule has 0 bridgehead atoms. The SMILES string of the molecule is CCOC(CCN=C(N)Nc1ccc(C)cc1)C(C)C. The van der Waals surface area contributed by atoms with Crippen LogP contribution >= 0.6 is 0 Å². The van der Waals surface area contributed by atoms with E-state index in [1.165, 1.54) is 5.56 Å². The van der Waals surface area contributed by atoms with Crippen LogP contribution in [0.4, 0.5) is 5.69 Å². The van der Waals surface area contributed by atoms with Gasteiger partial charge >= 0.3 is 0 Å². The summed E-state index contributed by atoms with van der Waals surface area (Å²) >= 11 is 0. The summed E-state index contributed by atoms with van der Waals surface area (Å²) in [5, 5.41) is 3.09. The number of ether oxygens (including phenoxy) is 1. The van der Waals surface area contributed by atoms with E-state index in [0.717, 1.165) is 18.7 Å². The predicted molar refractivity (Wildman–Crippen MR) is 86.2 cm³/mol. The Morgan fingerprint density at radius 3 is 2.50 bits per heavy atom. The van der Waals surface area contributed by atoms with E-state index in [9.17, 15) is 0 Å². The number of aliphatic imine (C=N–C) groups is 1. The van der Waals surface area contributed by atoms with Crippen molar-refractivity contribution in [2.75, 3.05) is 18.5 Å². The normalized spacial score (nSPS) is 13.6. The molecule has 20 heavy (non-hydrogen) atoms. The fourth-order valence-corrected chi connectivity index (χ4v) is 1.96. The molecule has 3 N–H and O–H groups in total. The van der Waals surface area contributed by atoms with Gasteiger partial charge < -0.3 is 15.8 Å². The zero-order valence-corrected chi connectivity index (χ0v) is 13.0. The van der Waals surface area contributed by atoms with E-state index in [0.29, 0.717) is 18.4 Å². The molecule has 0 saturated heterocycles. The molecule has 1 aromatic rings. The molecular formula is C16H27N3O. The molecule has 1 rings (SSSR count). The smallest absolute Gasteiger partial charge is 0.193 e. The molecule has 112 valence electrons. The van der Waals surface area contributed by atoms with Gasteiger partial charge in [0.15, 0.2) is 5.96 Å². The third-order valence-electron chi connectivity index (χ3n) is 3.14. The number of anilines is 1. The maximum Gasteiger partial charge on any atom is 0.193 e. The van der Waals surface area contributed by atoms with Gasteiger partial charge in [-0.15, -0.1) is 0 Å². The molecule has 0 radical (unpaired) electrons. The molecular weight excluding hydrogens is 250 g/mol. The van der Waals surface area contributed by atoms with Gasteiger partial charge in [-0.25, -0.2) is 0 Å². The summed E-state index contributed by atoms with van der Waals surface area (Å²) in [5.74, 6) is 0.948. The van der Waals surface area contributed by atoms with Gasteiger partial charge in [-0.3, -0.25) is 4.99 Å². The summed E-state index contributed by atoms with van der Waals surface area (Å²) < 4.78 is 5.69. The standard InChI is InChI=1S/C16H27N3O/c1-5-20-15(12(2)3)10-11-18-16(17)19-14-8-6-13(4)7-9-14/h6-9,12,15H,5,10-11H2,1-4H3,(H3,17,18,19). The second-order valence-electron chi connectivity index (χ2n) is 5.28. The van der Waals surface area contributed by atoms with E-state index in [1.807, 2.05) is 31.2 Å². The summed E-state index contributed by atoms with van der Waals surface area (Å²) in [6.07, 6.45) is 1.14. The quantitative estimate of drug-likeness (QED) is 0.594. The first-order valence-electron chi connectivity index (χ1n) is 7.28. The van der Waals surface area contributed by atoms with Crippen LogP contribution in [0.1, 0.15) is 32.8 Å². The largest absolute Gasteiger partial charge is 0.378 e. The maximum absolute atomic E-state index is 5.88. The molecule has 0 aliphatic rings. The highest BCUT2D eigenvalue weighted by atomic mass is 16.5. The molecule has 4 heteroatoms. The zero-order chi connectivity index (χ0) is 15.0. The van der Waals surface area contributed by atoms with Crippen LogP contribution in [0.3, 0.4) is 0 Å².